The van der Waals surface area contributed by atoms with Gasteiger partial charge in [0.15, 0.2) is 34.4 Å². The number of hydrogen-bond donors (Lipinski definition) is 0. The lowest BCUT2D eigenvalue weighted by Gasteiger charge is -2.25. The van der Waals surface area contributed by atoms with Crippen LogP contribution in [-0.2, 0) is 25.7 Å². The second kappa shape index (κ2) is 16.8. The monoisotopic (exact) mass is 731 g/mol. The number of esters is 2. The van der Waals surface area contributed by atoms with Crippen molar-refractivity contribution < 1.29 is 42.9 Å². The van der Waals surface area contributed by atoms with Crippen LogP contribution in [0.5, 0.6) is 23.0 Å². The first-order chi connectivity index (χ1) is 25.1. The molecule has 52 heavy (non-hydrogen) atoms. The maximum atomic E-state index is 14.2. The third-order valence-electron chi connectivity index (χ3n) is 7.75. The summed E-state index contributed by atoms with van der Waals surface area (Å²) in [6, 6.07) is 15.4. The van der Waals surface area contributed by atoms with Crippen molar-refractivity contribution in [1.29, 1.82) is 0 Å². The fourth-order valence-corrected chi connectivity index (χ4v) is 6.51. The molecule has 272 valence electrons. The van der Waals surface area contributed by atoms with E-state index in [9.17, 15) is 24.5 Å². The van der Waals surface area contributed by atoms with Crippen LogP contribution >= 0.6 is 11.3 Å². The number of allylic oxidation sites excluding steroid dienone is 1. The second-order valence-corrected chi connectivity index (χ2v) is 12.2. The first-order valence-electron chi connectivity index (χ1n) is 16.4. The molecule has 1 aliphatic heterocycles. The van der Waals surface area contributed by atoms with Gasteiger partial charge in [-0.1, -0.05) is 35.6 Å². The number of nitro groups is 1. The summed E-state index contributed by atoms with van der Waals surface area (Å²) in [6.45, 7) is 7.47. The van der Waals surface area contributed by atoms with Gasteiger partial charge in [-0.15, -0.1) is 0 Å². The molecule has 4 aromatic rings. The molecule has 0 spiro atoms. The number of hydrogen-bond acceptors (Lipinski definition) is 13. The first-order valence-corrected chi connectivity index (χ1v) is 17.2. The van der Waals surface area contributed by atoms with Gasteiger partial charge in [-0.05, 0) is 74.7 Å². The molecule has 0 amide bonds. The average molecular weight is 732 g/mol. The van der Waals surface area contributed by atoms with Crippen LogP contribution in [0.1, 0.15) is 50.4 Å². The molecule has 0 aliphatic carbocycles. The molecule has 0 fully saturated rings. The minimum absolute atomic E-state index is 0.0360. The van der Waals surface area contributed by atoms with Crippen LogP contribution in [0, 0.1) is 10.1 Å². The van der Waals surface area contributed by atoms with Gasteiger partial charge in [0.2, 0.25) is 0 Å². The third kappa shape index (κ3) is 8.32. The molecule has 1 aromatic heterocycles. The molecule has 1 aliphatic rings. The lowest BCUT2D eigenvalue weighted by molar-refractivity contribution is -0.384. The summed E-state index contributed by atoms with van der Waals surface area (Å²) in [5, 5.41) is 11.2. The Morgan fingerprint density at radius 2 is 1.63 bits per heavy atom. The Morgan fingerprint density at radius 1 is 0.923 bits per heavy atom. The number of methoxy groups -OCH3 is 1. The number of carbonyl (C=O) groups is 2. The number of ether oxygens (including phenoxy) is 6. The number of nitrogens with zero attached hydrogens (tertiary/aromatic N) is 3. The molecule has 0 N–H and O–H groups in total. The Labute approximate surface area is 302 Å². The molecule has 3 aromatic carbocycles. The van der Waals surface area contributed by atoms with E-state index in [4.69, 9.17) is 23.7 Å². The van der Waals surface area contributed by atoms with E-state index in [1.165, 1.54) is 23.8 Å². The van der Waals surface area contributed by atoms with Crippen LogP contribution < -0.4 is 33.8 Å². The van der Waals surface area contributed by atoms with E-state index in [0.29, 0.717) is 55.6 Å². The van der Waals surface area contributed by atoms with Crippen molar-refractivity contribution in [3.05, 3.63) is 118 Å². The van der Waals surface area contributed by atoms with Gasteiger partial charge in [0.25, 0.3) is 11.2 Å². The molecule has 0 saturated carbocycles. The van der Waals surface area contributed by atoms with Crippen molar-refractivity contribution in [2.75, 3.05) is 33.5 Å². The van der Waals surface area contributed by atoms with E-state index in [-0.39, 0.29) is 43.4 Å². The SMILES string of the molecule is CCOC(=O)C1=C(C)N=c2s/c(=C\c3ccc(OCc4cccc([N+](=O)[O-])c4)c(OCC)c3)c(=O)n2[C@H]1c1ccc(OCC(=O)OC)c(OCC)c1. The molecule has 0 unspecified atom stereocenters. The topological polar surface area (TPSA) is 167 Å². The third-order valence-corrected chi connectivity index (χ3v) is 8.74. The van der Waals surface area contributed by atoms with Crippen molar-refractivity contribution in [2.24, 2.45) is 4.99 Å². The van der Waals surface area contributed by atoms with Gasteiger partial charge < -0.3 is 28.4 Å². The van der Waals surface area contributed by atoms with Crippen molar-refractivity contribution >= 4 is 35.0 Å². The molecule has 15 heteroatoms. The zero-order valence-corrected chi connectivity index (χ0v) is 30.0. The zero-order chi connectivity index (χ0) is 37.4. The normalized spacial score (nSPS) is 13.9. The van der Waals surface area contributed by atoms with Gasteiger partial charge in [0.1, 0.15) is 6.61 Å². The van der Waals surface area contributed by atoms with Crippen LogP contribution in [0.25, 0.3) is 6.08 Å². The maximum Gasteiger partial charge on any atom is 0.343 e. The van der Waals surface area contributed by atoms with E-state index in [1.54, 1.807) is 75.4 Å². The highest BCUT2D eigenvalue weighted by molar-refractivity contribution is 7.07. The Kier molecular flexibility index (Phi) is 12.1. The Hall–Kier alpha value is -5.96. The van der Waals surface area contributed by atoms with Crippen molar-refractivity contribution in [3.8, 4) is 23.0 Å². The van der Waals surface area contributed by atoms with Crippen LogP contribution in [0.15, 0.2) is 81.7 Å². The van der Waals surface area contributed by atoms with Gasteiger partial charge in [-0.2, -0.15) is 0 Å². The zero-order valence-electron chi connectivity index (χ0n) is 29.2. The highest BCUT2D eigenvalue weighted by Crippen LogP contribution is 2.37. The van der Waals surface area contributed by atoms with E-state index >= 15 is 0 Å². The fraction of sp³-hybridized carbons (Fsp3) is 0.297. The van der Waals surface area contributed by atoms with E-state index in [1.807, 2.05) is 6.92 Å². The first kappa shape index (κ1) is 37.3. The number of thiazole rings is 1. The van der Waals surface area contributed by atoms with Gasteiger partial charge in [-0.25, -0.2) is 14.6 Å². The molecule has 2 heterocycles. The maximum absolute atomic E-state index is 14.2. The Balaban J connectivity index is 1.55. The number of non-ortho nitro benzene ring substituents is 1. The number of benzene rings is 3. The second-order valence-electron chi connectivity index (χ2n) is 11.2. The highest BCUT2D eigenvalue weighted by Gasteiger charge is 2.34. The van der Waals surface area contributed by atoms with Crippen LogP contribution in [-0.4, -0.2) is 55.0 Å². The number of nitro benzene ring substituents is 1. The molecule has 0 radical (unpaired) electrons. The summed E-state index contributed by atoms with van der Waals surface area (Å²) < 4.78 is 35.2. The lowest BCUT2D eigenvalue weighted by Crippen LogP contribution is -2.40. The minimum Gasteiger partial charge on any atom is -0.490 e. The summed E-state index contributed by atoms with van der Waals surface area (Å²) >= 11 is 1.16. The predicted molar refractivity (Wildman–Crippen MR) is 191 cm³/mol. The Morgan fingerprint density at radius 3 is 2.33 bits per heavy atom. The highest BCUT2D eigenvalue weighted by atomic mass is 32.1. The van der Waals surface area contributed by atoms with E-state index in [0.717, 1.165) is 11.3 Å². The largest absolute Gasteiger partial charge is 0.490 e. The molecule has 0 bridgehead atoms. The minimum atomic E-state index is -0.921. The van der Waals surface area contributed by atoms with E-state index < -0.39 is 28.5 Å². The van der Waals surface area contributed by atoms with Gasteiger partial charge >= 0.3 is 11.9 Å². The summed E-state index contributed by atoms with van der Waals surface area (Å²) in [5.41, 5.74) is 1.94. The van der Waals surface area contributed by atoms with E-state index in [2.05, 4.69) is 9.73 Å². The standard InChI is InChI=1S/C37H37N3O11S/c1-6-47-29-17-23(12-14-27(29)50-20-24-10-9-11-26(16-24)40(44)45)18-31-35(42)39-34(33(36(43)49-8-3)22(4)38-37(39)52-31)25-13-15-28(30(19-25)48-7-2)51-21-32(41)46-5/h9-19,34H,6-8,20-21H2,1-5H3/b31-18-/t34-/m0/s1. The number of aromatic nitrogens is 1. The lowest BCUT2D eigenvalue weighted by atomic mass is 9.95. The fourth-order valence-electron chi connectivity index (χ4n) is 5.46. The van der Waals surface area contributed by atoms with Crippen LogP contribution in [0.4, 0.5) is 5.69 Å². The summed E-state index contributed by atoms with van der Waals surface area (Å²) in [7, 11) is 1.26. The average Bonchev–Trinajstić information content (AvgIpc) is 3.43. The summed E-state index contributed by atoms with van der Waals surface area (Å²) in [6.07, 6.45) is 1.70. The molecule has 5 rings (SSSR count). The van der Waals surface area contributed by atoms with Crippen LogP contribution in [0.3, 0.4) is 0 Å². The smallest absolute Gasteiger partial charge is 0.343 e. The number of rotatable bonds is 15. The van der Waals surface area contributed by atoms with Crippen molar-refractivity contribution in [3.63, 3.8) is 0 Å². The molecular formula is C37H37N3O11S. The van der Waals surface area contributed by atoms with Crippen molar-refractivity contribution in [1.82, 2.24) is 4.57 Å². The van der Waals surface area contributed by atoms with Crippen LogP contribution in [0.2, 0.25) is 0 Å². The van der Waals surface area contributed by atoms with Crippen molar-refractivity contribution in [2.45, 2.75) is 40.3 Å². The summed E-state index contributed by atoms with van der Waals surface area (Å²) in [5.74, 6) is 0.243. The van der Waals surface area contributed by atoms with Gasteiger partial charge in [-0.3, -0.25) is 19.5 Å². The van der Waals surface area contributed by atoms with Gasteiger partial charge in [0, 0.05) is 12.1 Å². The summed E-state index contributed by atoms with van der Waals surface area (Å²) in [4.78, 5) is 55.1. The number of fused-ring (bicyclic) bond motifs is 1. The predicted octanol–water partition coefficient (Wildman–Crippen LogP) is 4.63. The quantitative estimate of drug-likeness (QED) is 0.0950. The van der Waals surface area contributed by atoms with Gasteiger partial charge in [0.05, 0.1) is 53.7 Å². The number of carbonyl (C=O) groups excluding carboxylic acids is 2. The molecular weight excluding hydrogens is 694 g/mol. The molecule has 1 atom stereocenters. The molecule has 0 saturated heterocycles. The Bertz CT molecular complexity index is 2210. The molecule has 14 nitrogen and oxygen atoms in total.